The topological polar surface area (TPSA) is 44.8 Å². The van der Waals surface area contributed by atoms with Crippen LogP contribution in [0.1, 0.15) is 26.7 Å². The Hall–Kier alpha value is -0.610. The van der Waals surface area contributed by atoms with Crippen molar-refractivity contribution in [1.29, 1.82) is 0 Å². The van der Waals surface area contributed by atoms with Gasteiger partial charge in [0, 0.05) is 17.3 Å². The molecule has 0 bridgehead atoms. The molecule has 2 saturated heterocycles. The summed E-state index contributed by atoms with van der Waals surface area (Å²) in [6, 6.07) is 0. The molecule has 0 radical (unpaired) electrons. The first-order valence-electron chi connectivity index (χ1n) is 6.98. The molecule has 0 amide bonds. The van der Waals surface area contributed by atoms with Gasteiger partial charge in [-0.15, -0.1) is 0 Å². The number of ether oxygens (including phenoxy) is 3. The predicted octanol–water partition coefficient (Wildman–Crippen LogP) is 1.58. The van der Waals surface area contributed by atoms with Gasteiger partial charge in [0.15, 0.2) is 6.29 Å². The molecule has 4 fully saturated rings. The molecular weight excluding hydrogens is 232 g/mol. The zero-order valence-corrected chi connectivity index (χ0v) is 10.9. The smallest absolute Gasteiger partial charge is 0.306 e. The second-order valence-electron chi connectivity index (χ2n) is 7.11. The molecular formula is C14H20O4. The minimum absolute atomic E-state index is 0.0132. The fraction of sp³-hybridized carbons (Fsp3) is 0.929. The van der Waals surface area contributed by atoms with E-state index in [2.05, 4.69) is 13.8 Å². The molecule has 4 heteroatoms. The highest BCUT2D eigenvalue weighted by atomic mass is 16.7. The van der Waals surface area contributed by atoms with Crippen LogP contribution in [0.4, 0.5) is 0 Å². The van der Waals surface area contributed by atoms with Gasteiger partial charge in [-0.25, -0.2) is 0 Å². The van der Waals surface area contributed by atoms with Crippen molar-refractivity contribution >= 4 is 5.97 Å². The Kier molecular flexibility index (Phi) is 2.17. The molecule has 0 unspecified atom stereocenters. The Bertz CT molecular complexity index is 381. The largest absolute Gasteiger partial charge is 0.462 e. The van der Waals surface area contributed by atoms with Gasteiger partial charge in [-0.05, 0) is 18.3 Å². The Balaban J connectivity index is 1.41. The van der Waals surface area contributed by atoms with Crippen LogP contribution in [0.15, 0.2) is 0 Å². The maximum atomic E-state index is 11.3. The average Bonchev–Trinajstić information content (AvgIpc) is 2.67. The van der Waals surface area contributed by atoms with Crippen LogP contribution in [0.3, 0.4) is 0 Å². The summed E-state index contributed by atoms with van der Waals surface area (Å²) in [5.41, 5.74) is 0.134. The molecule has 2 heterocycles. The molecule has 4 aliphatic rings. The van der Waals surface area contributed by atoms with Crippen molar-refractivity contribution < 1.29 is 19.0 Å². The number of rotatable bonds is 1. The lowest BCUT2D eigenvalue weighted by Gasteiger charge is -2.35. The summed E-state index contributed by atoms with van der Waals surface area (Å²) in [4.78, 5) is 11.3. The van der Waals surface area contributed by atoms with Gasteiger partial charge in [0.2, 0.25) is 0 Å². The van der Waals surface area contributed by atoms with E-state index in [1.54, 1.807) is 0 Å². The van der Waals surface area contributed by atoms with Gasteiger partial charge in [-0.3, -0.25) is 4.79 Å². The van der Waals surface area contributed by atoms with Crippen molar-refractivity contribution in [3.63, 3.8) is 0 Å². The minimum atomic E-state index is -0.0373. The Morgan fingerprint density at radius 1 is 1.11 bits per heavy atom. The standard InChI is InChI=1S/C14H20O4/c1-14(2)5-16-13(17-6-14)12-8-3-9-7(11(8)12)4-10(15)18-9/h7-9,11-13H,3-6H2,1-2H3/t7-,8-,9-,11+,12+/m0/s1. The van der Waals surface area contributed by atoms with Crippen LogP contribution in [0.25, 0.3) is 0 Å². The van der Waals surface area contributed by atoms with Gasteiger partial charge in [0.05, 0.1) is 19.6 Å². The van der Waals surface area contributed by atoms with Crippen molar-refractivity contribution in [1.82, 2.24) is 0 Å². The number of fused-ring (bicyclic) bond motifs is 3. The highest BCUT2D eigenvalue weighted by Gasteiger charge is 2.68. The zero-order chi connectivity index (χ0) is 12.5. The summed E-state index contributed by atoms with van der Waals surface area (Å²) < 4.78 is 17.1. The lowest BCUT2D eigenvalue weighted by Crippen LogP contribution is -2.40. The second kappa shape index (κ2) is 3.48. The molecule has 4 nitrogen and oxygen atoms in total. The van der Waals surface area contributed by atoms with E-state index in [0.29, 0.717) is 30.1 Å². The van der Waals surface area contributed by atoms with Gasteiger partial charge in [0.25, 0.3) is 0 Å². The third-order valence-corrected chi connectivity index (χ3v) is 5.04. The molecule has 0 spiro atoms. The Labute approximate surface area is 107 Å². The van der Waals surface area contributed by atoms with Crippen LogP contribution in [-0.2, 0) is 19.0 Å². The summed E-state index contributed by atoms with van der Waals surface area (Å²) in [7, 11) is 0. The van der Waals surface area contributed by atoms with Gasteiger partial charge >= 0.3 is 5.97 Å². The van der Waals surface area contributed by atoms with Crippen molar-refractivity contribution in [3.05, 3.63) is 0 Å². The van der Waals surface area contributed by atoms with Crippen molar-refractivity contribution in [2.75, 3.05) is 13.2 Å². The summed E-state index contributed by atoms with van der Waals surface area (Å²) >= 11 is 0. The van der Waals surface area contributed by atoms with Crippen LogP contribution in [-0.4, -0.2) is 31.6 Å². The van der Waals surface area contributed by atoms with Gasteiger partial charge in [-0.2, -0.15) is 0 Å². The maximum absolute atomic E-state index is 11.3. The van der Waals surface area contributed by atoms with Crippen LogP contribution in [0, 0.1) is 29.1 Å². The monoisotopic (exact) mass is 252 g/mol. The van der Waals surface area contributed by atoms with Crippen molar-refractivity contribution in [2.24, 2.45) is 29.1 Å². The molecule has 2 aliphatic carbocycles. The normalized spacial score (nSPS) is 49.7. The summed E-state index contributed by atoms with van der Waals surface area (Å²) in [6.45, 7) is 5.88. The summed E-state index contributed by atoms with van der Waals surface area (Å²) in [5.74, 6) is 2.21. The lowest BCUT2D eigenvalue weighted by molar-refractivity contribution is -0.235. The van der Waals surface area contributed by atoms with E-state index < -0.39 is 0 Å². The van der Waals surface area contributed by atoms with Gasteiger partial charge in [0.1, 0.15) is 6.10 Å². The summed E-state index contributed by atoms with van der Waals surface area (Å²) in [5, 5.41) is 0. The molecule has 2 saturated carbocycles. The highest BCUT2D eigenvalue weighted by molar-refractivity contribution is 5.72. The zero-order valence-electron chi connectivity index (χ0n) is 10.9. The molecule has 0 aromatic heterocycles. The average molecular weight is 252 g/mol. The Morgan fingerprint density at radius 2 is 1.83 bits per heavy atom. The van der Waals surface area contributed by atoms with Crippen LogP contribution < -0.4 is 0 Å². The van der Waals surface area contributed by atoms with Crippen LogP contribution in [0.5, 0.6) is 0 Å². The van der Waals surface area contributed by atoms with E-state index in [1.165, 1.54) is 0 Å². The minimum Gasteiger partial charge on any atom is -0.462 e. The first kappa shape index (κ1) is 11.2. The third kappa shape index (κ3) is 1.55. The number of esters is 1. The predicted molar refractivity (Wildman–Crippen MR) is 62.5 cm³/mol. The number of carbonyl (C=O) groups excluding carboxylic acids is 1. The van der Waals surface area contributed by atoms with Crippen molar-refractivity contribution in [3.8, 4) is 0 Å². The first-order chi connectivity index (χ1) is 8.55. The maximum Gasteiger partial charge on any atom is 0.306 e. The summed E-state index contributed by atoms with van der Waals surface area (Å²) in [6.07, 6.45) is 1.80. The molecule has 0 N–H and O–H groups in total. The van der Waals surface area contributed by atoms with Crippen molar-refractivity contribution in [2.45, 2.75) is 39.1 Å². The molecule has 100 valence electrons. The fourth-order valence-corrected chi connectivity index (χ4v) is 4.16. The highest BCUT2D eigenvalue weighted by Crippen LogP contribution is 2.65. The molecule has 2 aliphatic heterocycles. The van der Waals surface area contributed by atoms with Gasteiger partial charge < -0.3 is 14.2 Å². The van der Waals surface area contributed by atoms with E-state index in [1.807, 2.05) is 0 Å². The molecule has 4 rings (SSSR count). The van der Waals surface area contributed by atoms with Gasteiger partial charge in [-0.1, -0.05) is 13.8 Å². The van der Waals surface area contributed by atoms with E-state index in [9.17, 15) is 4.79 Å². The quantitative estimate of drug-likeness (QED) is 0.665. The van der Waals surface area contributed by atoms with E-state index in [0.717, 1.165) is 19.6 Å². The third-order valence-electron chi connectivity index (χ3n) is 5.04. The SMILES string of the molecule is CC1(C)COC([C@@H]2[C@H]3C[C@@H]4OC(=O)C[C@@H]4[C@H]32)OC1. The molecule has 0 aromatic carbocycles. The molecule has 18 heavy (non-hydrogen) atoms. The van der Waals surface area contributed by atoms with E-state index in [-0.39, 0.29) is 23.8 Å². The first-order valence-corrected chi connectivity index (χ1v) is 6.98. The number of carbonyl (C=O) groups is 1. The Morgan fingerprint density at radius 3 is 2.56 bits per heavy atom. The van der Waals surface area contributed by atoms with Crippen LogP contribution >= 0.6 is 0 Å². The molecule has 5 atom stereocenters. The number of hydrogen-bond donors (Lipinski definition) is 0. The second-order valence-corrected chi connectivity index (χ2v) is 7.11. The van der Waals surface area contributed by atoms with Crippen LogP contribution in [0.2, 0.25) is 0 Å². The van der Waals surface area contributed by atoms with E-state index in [4.69, 9.17) is 14.2 Å². The molecule has 0 aromatic rings. The lowest BCUT2D eigenvalue weighted by atomic mass is 9.93. The van der Waals surface area contributed by atoms with E-state index >= 15 is 0 Å². The fourth-order valence-electron chi connectivity index (χ4n) is 4.16. The number of hydrogen-bond acceptors (Lipinski definition) is 4.